The number of aromatic nitrogens is 1. The van der Waals surface area contributed by atoms with E-state index in [-0.39, 0.29) is 5.41 Å². The molecule has 0 saturated heterocycles. The van der Waals surface area contributed by atoms with Crippen molar-refractivity contribution in [1.29, 1.82) is 0 Å². The summed E-state index contributed by atoms with van der Waals surface area (Å²) < 4.78 is 2.52. The fourth-order valence-corrected chi connectivity index (χ4v) is 9.69. The Morgan fingerprint density at radius 3 is 1.65 bits per heavy atom. The van der Waals surface area contributed by atoms with Gasteiger partial charge in [0.1, 0.15) is 0 Å². The van der Waals surface area contributed by atoms with Crippen LogP contribution in [0, 0.1) is 13.8 Å². The number of rotatable bonds is 3. The molecule has 2 aliphatic carbocycles. The first kappa shape index (κ1) is 29.3. The van der Waals surface area contributed by atoms with Crippen LogP contribution in [0.5, 0.6) is 0 Å². The van der Waals surface area contributed by atoms with Crippen LogP contribution in [0.3, 0.4) is 0 Å². The van der Waals surface area contributed by atoms with E-state index >= 15 is 0 Å². The van der Waals surface area contributed by atoms with Gasteiger partial charge in [-0.1, -0.05) is 146 Å². The molecule has 0 aliphatic heterocycles. The highest BCUT2D eigenvalue weighted by Crippen LogP contribution is 2.63. The summed E-state index contributed by atoms with van der Waals surface area (Å²) in [5, 5.41) is 2.53. The van der Waals surface area contributed by atoms with Gasteiger partial charge < -0.3 is 4.57 Å². The van der Waals surface area contributed by atoms with Gasteiger partial charge >= 0.3 is 0 Å². The molecule has 0 saturated carbocycles. The lowest BCUT2D eigenvalue weighted by Crippen LogP contribution is -2.25. The summed E-state index contributed by atoms with van der Waals surface area (Å²) in [6.07, 6.45) is 0. The van der Waals surface area contributed by atoms with Crippen LogP contribution in [0.4, 0.5) is 0 Å². The Morgan fingerprint density at radius 2 is 0.904 bits per heavy atom. The van der Waals surface area contributed by atoms with E-state index in [1.165, 1.54) is 105 Å². The highest BCUT2D eigenvalue weighted by atomic mass is 15.0. The summed E-state index contributed by atoms with van der Waals surface area (Å²) in [6, 6.07) is 65.8. The van der Waals surface area contributed by atoms with Crippen LogP contribution in [-0.2, 0) is 5.41 Å². The summed E-state index contributed by atoms with van der Waals surface area (Å²) >= 11 is 0. The third-order valence-electron chi connectivity index (χ3n) is 11.9. The number of benzene rings is 8. The van der Waals surface area contributed by atoms with Crippen molar-refractivity contribution < 1.29 is 0 Å². The van der Waals surface area contributed by atoms with Gasteiger partial charge in [-0.25, -0.2) is 0 Å². The topological polar surface area (TPSA) is 4.93 Å². The van der Waals surface area contributed by atoms with Gasteiger partial charge in [0.15, 0.2) is 0 Å². The molecule has 244 valence electrons. The zero-order chi connectivity index (χ0) is 34.6. The molecule has 0 N–H and O–H groups in total. The van der Waals surface area contributed by atoms with Crippen molar-refractivity contribution in [3.05, 3.63) is 209 Å². The van der Waals surface area contributed by atoms with Crippen molar-refractivity contribution in [2.24, 2.45) is 0 Å². The van der Waals surface area contributed by atoms with Crippen LogP contribution in [-0.4, -0.2) is 4.57 Å². The van der Waals surface area contributed by atoms with Crippen LogP contribution in [0.25, 0.3) is 72.0 Å². The molecular formula is C51H35N. The minimum Gasteiger partial charge on any atom is -0.309 e. The van der Waals surface area contributed by atoms with Crippen molar-refractivity contribution in [2.45, 2.75) is 19.3 Å². The van der Waals surface area contributed by atoms with E-state index in [0.717, 1.165) is 0 Å². The molecule has 11 rings (SSSR count). The minimum absolute atomic E-state index is 0.374. The van der Waals surface area contributed by atoms with Crippen LogP contribution < -0.4 is 0 Å². The first-order chi connectivity index (χ1) is 25.6. The largest absolute Gasteiger partial charge is 0.309 e. The molecule has 0 radical (unpaired) electrons. The molecule has 2 aliphatic rings. The maximum Gasteiger partial charge on any atom is 0.0726 e. The number of hydrogen-bond acceptors (Lipinski definition) is 0. The maximum atomic E-state index is 2.52. The van der Waals surface area contributed by atoms with E-state index in [0.29, 0.717) is 0 Å². The van der Waals surface area contributed by atoms with Crippen molar-refractivity contribution >= 4 is 21.8 Å². The predicted octanol–water partition coefficient (Wildman–Crippen LogP) is 13.1. The molecule has 1 spiro atoms. The zero-order valence-electron chi connectivity index (χ0n) is 29.2. The second kappa shape index (κ2) is 10.8. The van der Waals surface area contributed by atoms with Crippen molar-refractivity contribution in [1.82, 2.24) is 4.57 Å². The highest BCUT2D eigenvalue weighted by molar-refractivity contribution is 6.11. The summed E-state index contributed by atoms with van der Waals surface area (Å²) in [4.78, 5) is 0. The molecule has 0 atom stereocenters. The number of fused-ring (bicyclic) bond motifs is 13. The predicted molar refractivity (Wildman–Crippen MR) is 217 cm³/mol. The Balaban J connectivity index is 1.17. The number of para-hydroxylation sites is 1. The Morgan fingerprint density at radius 1 is 0.365 bits per heavy atom. The zero-order valence-corrected chi connectivity index (χ0v) is 29.2. The van der Waals surface area contributed by atoms with E-state index < -0.39 is 0 Å². The van der Waals surface area contributed by atoms with E-state index in [1.807, 2.05) is 0 Å². The van der Waals surface area contributed by atoms with Crippen LogP contribution >= 0.6 is 0 Å². The molecule has 0 fully saturated rings. The molecule has 0 unspecified atom stereocenters. The smallest absolute Gasteiger partial charge is 0.0726 e. The monoisotopic (exact) mass is 661 g/mol. The van der Waals surface area contributed by atoms with Gasteiger partial charge in [0.05, 0.1) is 22.1 Å². The molecule has 1 heterocycles. The summed E-state index contributed by atoms with van der Waals surface area (Å²) in [5.41, 5.74) is 21.7. The molecule has 0 amide bonds. The second-order valence-corrected chi connectivity index (χ2v) is 14.5. The fourth-order valence-electron chi connectivity index (χ4n) is 9.69. The lowest BCUT2D eigenvalue weighted by atomic mass is 9.70. The summed E-state index contributed by atoms with van der Waals surface area (Å²) in [5.74, 6) is 0. The quantitative estimate of drug-likeness (QED) is 0.178. The van der Waals surface area contributed by atoms with Gasteiger partial charge in [0.2, 0.25) is 0 Å². The molecule has 52 heavy (non-hydrogen) atoms. The normalized spacial score (nSPS) is 13.3. The average Bonchev–Trinajstić information content (AvgIpc) is 3.80. The Hall–Kier alpha value is -6.44. The van der Waals surface area contributed by atoms with Gasteiger partial charge in [-0.15, -0.1) is 0 Å². The molecule has 8 aromatic carbocycles. The van der Waals surface area contributed by atoms with E-state index in [1.54, 1.807) is 0 Å². The molecule has 1 aromatic heterocycles. The SMILES string of the molecule is Cc1ccccc1-c1cc(-c2ccc3c(c2)c2ccccc2n3-c2cccc3c2-c2ccccc2C32c3ccccc3-c3ccccc32)ccc1C. The van der Waals surface area contributed by atoms with Crippen molar-refractivity contribution in [3.8, 4) is 50.2 Å². The Bertz CT molecular complexity index is 2890. The average molecular weight is 662 g/mol. The molecule has 1 nitrogen and oxygen atoms in total. The van der Waals surface area contributed by atoms with E-state index in [9.17, 15) is 0 Å². The highest BCUT2D eigenvalue weighted by Gasteiger charge is 2.52. The summed E-state index contributed by atoms with van der Waals surface area (Å²) in [6.45, 7) is 4.42. The van der Waals surface area contributed by atoms with Crippen LogP contribution in [0.15, 0.2) is 176 Å². The first-order valence-electron chi connectivity index (χ1n) is 18.3. The molecule has 9 aromatic rings. The van der Waals surface area contributed by atoms with Crippen molar-refractivity contribution in [3.63, 3.8) is 0 Å². The van der Waals surface area contributed by atoms with Gasteiger partial charge in [-0.2, -0.15) is 0 Å². The fraction of sp³-hybridized carbons (Fsp3) is 0.0588. The van der Waals surface area contributed by atoms with Gasteiger partial charge in [-0.3, -0.25) is 0 Å². The lowest BCUT2D eigenvalue weighted by Gasteiger charge is -2.30. The van der Waals surface area contributed by atoms with Crippen LogP contribution in [0.2, 0.25) is 0 Å². The second-order valence-electron chi connectivity index (χ2n) is 14.5. The number of aryl methyl sites for hydroxylation is 2. The Kier molecular flexibility index (Phi) is 6.08. The van der Waals surface area contributed by atoms with Gasteiger partial charge in [0, 0.05) is 16.3 Å². The number of nitrogens with zero attached hydrogens (tertiary/aromatic N) is 1. The third-order valence-corrected chi connectivity index (χ3v) is 11.9. The van der Waals surface area contributed by atoms with E-state index in [4.69, 9.17) is 0 Å². The minimum atomic E-state index is -0.374. The number of hydrogen-bond donors (Lipinski definition) is 0. The van der Waals surface area contributed by atoms with Crippen LogP contribution in [0.1, 0.15) is 33.4 Å². The standard InChI is InChI=1S/C51H35N/c1-32-14-3-4-15-36(32)41-30-34(27-26-33(41)2)35-28-29-48-42(31-35)39-18-8-12-24-47(39)52(48)49-25-13-23-46-50(49)40-19-7-11-22-45(40)51(46)43-20-9-5-16-37(43)38-17-6-10-21-44(38)51/h3-31H,1-2H3. The Labute approximate surface area is 304 Å². The van der Waals surface area contributed by atoms with E-state index in [2.05, 4.69) is 194 Å². The van der Waals surface area contributed by atoms with Gasteiger partial charge in [-0.05, 0) is 117 Å². The third kappa shape index (κ3) is 3.78. The first-order valence-corrected chi connectivity index (χ1v) is 18.3. The molecule has 1 heteroatoms. The lowest BCUT2D eigenvalue weighted by molar-refractivity contribution is 0.793. The molecular weight excluding hydrogens is 627 g/mol. The van der Waals surface area contributed by atoms with Crippen molar-refractivity contribution in [2.75, 3.05) is 0 Å². The molecule has 0 bridgehead atoms. The maximum absolute atomic E-state index is 2.52. The summed E-state index contributed by atoms with van der Waals surface area (Å²) in [7, 11) is 0. The van der Waals surface area contributed by atoms with Gasteiger partial charge in [0.25, 0.3) is 0 Å².